The van der Waals surface area contributed by atoms with Gasteiger partial charge in [-0.15, -0.1) is 0 Å². The van der Waals surface area contributed by atoms with Crippen molar-refractivity contribution in [2.45, 2.75) is 51.7 Å². The van der Waals surface area contributed by atoms with Gasteiger partial charge in [0.1, 0.15) is 0 Å². The molecule has 0 N–H and O–H groups in total. The molecule has 29 heavy (non-hydrogen) atoms. The van der Waals surface area contributed by atoms with Crippen LogP contribution in [0.15, 0.2) is 54.6 Å². The minimum Gasteiger partial charge on any atom is -0.299 e. The highest BCUT2D eigenvalue weighted by Crippen LogP contribution is 2.56. The minimum atomic E-state index is -4.05. The smallest absolute Gasteiger partial charge is 0.299 e. The van der Waals surface area contributed by atoms with Crippen molar-refractivity contribution >= 4 is 0 Å². The van der Waals surface area contributed by atoms with Gasteiger partial charge in [-0.2, -0.15) is 18.4 Å². The first-order valence-corrected chi connectivity index (χ1v) is 10.1. The fourth-order valence-corrected chi connectivity index (χ4v) is 3.55. The van der Waals surface area contributed by atoms with E-state index in [1.807, 2.05) is 30.3 Å². The van der Waals surface area contributed by atoms with Crippen LogP contribution in [-0.2, 0) is 13.0 Å². The Labute approximate surface area is 172 Å². The molecule has 3 rings (SSSR count). The number of nitrogens with zero attached hydrogens (tertiary/aromatic N) is 2. The zero-order valence-corrected chi connectivity index (χ0v) is 17.1. The quantitative estimate of drug-likeness (QED) is 0.515. The lowest BCUT2D eigenvalue weighted by Gasteiger charge is -2.20. The molecule has 0 aromatic heterocycles. The Hall–Kier alpha value is -2.32. The van der Waals surface area contributed by atoms with E-state index in [1.54, 1.807) is 6.07 Å². The normalized spacial score (nSPS) is 18.0. The van der Waals surface area contributed by atoms with Crippen molar-refractivity contribution in [3.8, 4) is 6.07 Å². The topological polar surface area (TPSA) is 27.0 Å². The molecule has 2 aromatic carbocycles. The Morgan fingerprint density at radius 3 is 2.17 bits per heavy atom. The second-order valence-corrected chi connectivity index (χ2v) is 7.41. The molecule has 0 saturated heterocycles. The first-order valence-electron chi connectivity index (χ1n) is 10.1. The average molecular weight is 403 g/mol. The van der Waals surface area contributed by atoms with Gasteiger partial charge in [-0.3, -0.25) is 4.90 Å². The number of hydrogen-bond donors (Lipinski definition) is 0. The van der Waals surface area contributed by atoms with Crippen molar-refractivity contribution in [2.75, 3.05) is 13.1 Å². The molecule has 2 unspecified atom stereocenters. The van der Waals surface area contributed by atoms with Gasteiger partial charge in [0, 0.05) is 13.5 Å². The highest BCUT2D eigenvalue weighted by molar-refractivity contribution is 5.30. The van der Waals surface area contributed by atoms with E-state index in [4.69, 9.17) is 5.26 Å². The molecule has 1 aliphatic rings. The summed E-state index contributed by atoms with van der Waals surface area (Å²) >= 11 is 0. The highest BCUT2D eigenvalue weighted by atomic mass is 19.4. The number of nitriles is 1. The summed E-state index contributed by atoms with van der Waals surface area (Å²) in [6.07, 6.45) is -1.80. The van der Waals surface area contributed by atoms with E-state index in [-0.39, 0.29) is 12.3 Å². The summed E-state index contributed by atoms with van der Waals surface area (Å²) in [5, 5.41) is 7.32. The van der Waals surface area contributed by atoms with Crippen molar-refractivity contribution in [2.24, 2.45) is 5.92 Å². The summed E-state index contributed by atoms with van der Waals surface area (Å²) in [7, 11) is 0. The molecule has 156 valence electrons. The molecule has 2 atom stereocenters. The third-order valence-electron chi connectivity index (χ3n) is 5.25. The first-order chi connectivity index (χ1) is 13.9. The number of halogens is 3. The van der Waals surface area contributed by atoms with E-state index < -0.39 is 12.1 Å². The van der Waals surface area contributed by atoms with Crippen LogP contribution < -0.4 is 0 Å². The maximum Gasteiger partial charge on any atom is 0.392 e. The minimum absolute atomic E-state index is 0.244. The first kappa shape index (κ1) is 23.0. The van der Waals surface area contributed by atoms with E-state index in [0.717, 1.165) is 38.0 Å². The SMILES string of the molecule is CC#N.CCN(CCCc1ccc(C2CC2C(F)(F)F)cc1)Cc1ccccc1. The van der Waals surface area contributed by atoms with Crippen molar-refractivity contribution in [3.05, 3.63) is 71.3 Å². The van der Waals surface area contributed by atoms with Gasteiger partial charge in [-0.1, -0.05) is 61.5 Å². The van der Waals surface area contributed by atoms with Crippen LogP contribution in [-0.4, -0.2) is 24.2 Å². The second-order valence-electron chi connectivity index (χ2n) is 7.41. The van der Waals surface area contributed by atoms with Crippen LogP contribution in [0.2, 0.25) is 0 Å². The van der Waals surface area contributed by atoms with Crippen LogP contribution in [0.1, 0.15) is 49.3 Å². The molecule has 0 radical (unpaired) electrons. The molecule has 1 saturated carbocycles. The number of benzene rings is 2. The van der Waals surface area contributed by atoms with Crippen LogP contribution in [0.25, 0.3) is 0 Å². The molecule has 0 bridgehead atoms. The lowest BCUT2D eigenvalue weighted by Crippen LogP contribution is -2.24. The molecule has 0 spiro atoms. The Balaban J connectivity index is 0.000000941. The van der Waals surface area contributed by atoms with Gasteiger partial charge >= 0.3 is 6.18 Å². The number of alkyl halides is 3. The van der Waals surface area contributed by atoms with Crippen LogP contribution in [0.5, 0.6) is 0 Å². The van der Waals surface area contributed by atoms with Crippen molar-refractivity contribution < 1.29 is 13.2 Å². The third-order valence-corrected chi connectivity index (χ3v) is 5.25. The van der Waals surface area contributed by atoms with Gasteiger partial charge in [0.25, 0.3) is 0 Å². The summed E-state index contributed by atoms with van der Waals surface area (Å²) in [6, 6.07) is 20.0. The maximum absolute atomic E-state index is 12.7. The fraction of sp³-hybridized carbons (Fsp3) is 0.458. The van der Waals surface area contributed by atoms with Gasteiger partial charge in [-0.25, -0.2) is 0 Å². The Bertz CT molecular complexity index is 763. The lowest BCUT2D eigenvalue weighted by molar-refractivity contribution is -0.148. The molecule has 1 aliphatic carbocycles. The van der Waals surface area contributed by atoms with Crippen LogP contribution in [0, 0.1) is 17.2 Å². The van der Waals surface area contributed by atoms with Crippen molar-refractivity contribution in [1.29, 1.82) is 5.26 Å². The van der Waals surface area contributed by atoms with Gasteiger partial charge in [0.05, 0.1) is 12.0 Å². The van der Waals surface area contributed by atoms with E-state index in [9.17, 15) is 13.2 Å². The Morgan fingerprint density at radius 2 is 1.66 bits per heavy atom. The predicted molar refractivity (Wildman–Crippen MR) is 110 cm³/mol. The van der Waals surface area contributed by atoms with Gasteiger partial charge in [0.2, 0.25) is 0 Å². The molecule has 1 fully saturated rings. The molecule has 0 amide bonds. The number of aryl methyl sites for hydroxylation is 1. The number of rotatable bonds is 8. The fourth-order valence-electron chi connectivity index (χ4n) is 3.55. The summed E-state index contributed by atoms with van der Waals surface area (Å²) in [4.78, 5) is 2.42. The highest BCUT2D eigenvalue weighted by Gasteiger charge is 2.55. The van der Waals surface area contributed by atoms with E-state index in [1.165, 1.54) is 18.1 Å². The molecule has 0 aliphatic heterocycles. The Morgan fingerprint density at radius 1 is 1.03 bits per heavy atom. The van der Waals surface area contributed by atoms with Gasteiger partial charge in [-0.05, 0) is 55.0 Å². The molecule has 2 nitrogen and oxygen atoms in total. The zero-order valence-electron chi connectivity index (χ0n) is 17.1. The standard InChI is InChI=1S/C22H26F3N.C2H3N/c1-2-26(16-18-7-4-3-5-8-18)14-6-9-17-10-12-19(13-11-17)20-15-21(20)22(23,24)25;1-2-3/h3-5,7-8,10-13,20-21H,2,6,9,14-16H2,1H3;1H3. The summed E-state index contributed by atoms with van der Waals surface area (Å²) in [5.41, 5.74) is 3.35. The van der Waals surface area contributed by atoms with E-state index >= 15 is 0 Å². The summed E-state index contributed by atoms with van der Waals surface area (Å²) < 4.78 is 38.0. The average Bonchev–Trinajstić information content (AvgIpc) is 3.50. The second kappa shape index (κ2) is 11.0. The zero-order chi connectivity index (χ0) is 21.3. The third kappa shape index (κ3) is 7.55. The lowest BCUT2D eigenvalue weighted by atomic mass is 10.0. The molecule has 2 aromatic rings. The predicted octanol–water partition coefficient (Wildman–Crippen LogP) is 6.34. The van der Waals surface area contributed by atoms with Gasteiger partial charge < -0.3 is 0 Å². The molecule has 0 heterocycles. The van der Waals surface area contributed by atoms with Crippen molar-refractivity contribution in [3.63, 3.8) is 0 Å². The maximum atomic E-state index is 12.7. The molecular weight excluding hydrogens is 373 g/mol. The van der Waals surface area contributed by atoms with Crippen LogP contribution in [0.3, 0.4) is 0 Å². The van der Waals surface area contributed by atoms with Crippen LogP contribution in [0.4, 0.5) is 13.2 Å². The van der Waals surface area contributed by atoms with E-state index in [2.05, 4.69) is 36.1 Å². The molecule has 5 heteroatoms. The summed E-state index contributed by atoms with van der Waals surface area (Å²) in [6.45, 7) is 6.58. The van der Waals surface area contributed by atoms with Crippen LogP contribution >= 0.6 is 0 Å². The largest absolute Gasteiger partial charge is 0.392 e. The summed E-state index contributed by atoms with van der Waals surface area (Å²) in [5.74, 6) is -1.46. The monoisotopic (exact) mass is 402 g/mol. The Kier molecular flexibility index (Phi) is 8.72. The van der Waals surface area contributed by atoms with Gasteiger partial charge in [0.15, 0.2) is 0 Å². The molecular formula is C24H29F3N2. The number of hydrogen-bond acceptors (Lipinski definition) is 2. The van der Waals surface area contributed by atoms with E-state index in [0.29, 0.717) is 0 Å². The van der Waals surface area contributed by atoms with Crippen molar-refractivity contribution in [1.82, 2.24) is 4.90 Å².